The summed E-state index contributed by atoms with van der Waals surface area (Å²) in [7, 11) is 3.58. The number of esters is 1. The van der Waals surface area contributed by atoms with E-state index in [1.807, 2.05) is 16.8 Å². The molecule has 264 valence electrons. The minimum atomic E-state index is -0.381. The zero-order valence-electron chi connectivity index (χ0n) is 29.9. The summed E-state index contributed by atoms with van der Waals surface area (Å²) in [6.45, 7) is 7.97. The van der Waals surface area contributed by atoms with Crippen molar-refractivity contribution < 1.29 is 14.3 Å². The lowest BCUT2D eigenvalue weighted by Gasteiger charge is -2.26. The number of rotatable bonds is 26. The molecule has 0 aromatic carbocycles. The number of carbonyl (C=O) groups excluding carboxylic acids is 2. The Labute approximate surface area is 278 Å². The highest BCUT2D eigenvalue weighted by Crippen LogP contribution is 2.30. The number of nitrogens with one attached hydrogen (secondary N) is 1. The normalized spacial score (nSPS) is 13.2. The monoisotopic (exact) mass is 647 g/mol. The van der Waals surface area contributed by atoms with Gasteiger partial charge in [-0.15, -0.1) is 0 Å². The van der Waals surface area contributed by atoms with Crippen LogP contribution in [0.5, 0.6) is 0 Å². The summed E-state index contributed by atoms with van der Waals surface area (Å²) in [6, 6.07) is 0. The Bertz CT molecular complexity index is 1130. The number of anilines is 2. The summed E-state index contributed by atoms with van der Waals surface area (Å²) in [5.74, 6) is 0.477. The summed E-state index contributed by atoms with van der Waals surface area (Å²) < 4.78 is 7.15. The lowest BCUT2D eigenvalue weighted by atomic mass is 10.0. The number of hydrogen-bond donors (Lipinski definition) is 1. The van der Waals surface area contributed by atoms with E-state index in [0.717, 1.165) is 77.3 Å². The summed E-state index contributed by atoms with van der Waals surface area (Å²) in [5.41, 5.74) is -0.147. The summed E-state index contributed by atoms with van der Waals surface area (Å²) in [4.78, 5) is 56.7. The predicted molar refractivity (Wildman–Crippen MR) is 189 cm³/mol. The van der Waals surface area contributed by atoms with E-state index in [4.69, 9.17) is 4.74 Å². The Morgan fingerprint density at radius 2 is 1.30 bits per heavy atom. The Morgan fingerprint density at radius 1 is 0.783 bits per heavy atom. The van der Waals surface area contributed by atoms with Crippen LogP contribution in [0, 0.1) is 0 Å². The highest BCUT2D eigenvalue weighted by molar-refractivity contribution is 5.73. The molecule has 0 aliphatic carbocycles. The highest BCUT2D eigenvalue weighted by atomic mass is 16.5. The molecule has 10 nitrogen and oxygen atoms in total. The van der Waals surface area contributed by atoms with E-state index in [-0.39, 0.29) is 29.2 Å². The molecule has 10 heteroatoms. The van der Waals surface area contributed by atoms with Gasteiger partial charge in [-0.05, 0) is 25.7 Å². The molecule has 1 unspecified atom stereocenters. The molecule has 0 radical (unpaired) electrons. The second kappa shape index (κ2) is 22.7. The average Bonchev–Trinajstić information content (AvgIpc) is 3.34. The first-order chi connectivity index (χ1) is 22.1. The van der Waals surface area contributed by atoms with E-state index >= 15 is 0 Å². The van der Waals surface area contributed by atoms with E-state index in [1.165, 1.54) is 75.7 Å². The van der Waals surface area contributed by atoms with E-state index in [1.54, 1.807) is 14.0 Å². The fourth-order valence-corrected chi connectivity index (χ4v) is 6.62. The minimum absolute atomic E-state index is 0.0540. The van der Waals surface area contributed by atoms with Gasteiger partial charge in [0.1, 0.15) is 17.6 Å². The second-order valence-electron chi connectivity index (χ2n) is 13.4. The van der Waals surface area contributed by atoms with Crippen LogP contribution in [-0.2, 0) is 21.4 Å². The van der Waals surface area contributed by atoms with Crippen molar-refractivity contribution in [3.05, 3.63) is 20.8 Å². The van der Waals surface area contributed by atoms with Crippen LogP contribution < -0.4 is 21.0 Å². The lowest BCUT2D eigenvalue weighted by Crippen LogP contribution is -2.38. The van der Waals surface area contributed by atoms with Crippen molar-refractivity contribution in [3.63, 3.8) is 0 Å². The average molecular weight is 648 g/mol. The van der Waals surface area contributed by atoms with E-state index in [2.05, 4.69) is 16.8 Å². The topological polar surface area (TPSA) is 108 Å². The van der Waals surface area contributed by atoms with Crippen molar-refractivity contribution in [2.24, 2.45) is 7.05 Å². The molecular formula is C36H65N5O5. The third kappa shape index (κ3) is 14.8. The quantitative estimate of drug-likeness (QED) is 0.0862. The number of ether oxygens (including phenoxy) is 1. The van der Waals surface area contributed by atoms with Gasteiger partial charge in [-0.3, -0.25) is 23.9 Å². The number of aromatic nitrogens is 2. The van der Waals surface area contributed by atoms with Gasteiger partial charge in [0.05, 0.1) is 13.2 Å². The highest BCUT2D eigenvalue weighted by Gasteiger charge is 2.29. The van der Waals surface area contributed by atoms with E-state index in [9.17, 15) is 19.2 Å². The molecular weight excluding hydrogens is 582 g/mol. The molecule has 0 bridgehead atoms. The Hall–Kier alpha value is -2.78. The van der Waals surface area contributed by atoms with Crippen molar-refractivity contribution in [1.82, 2.24) is 14.5 Å². The zero-order chi connectivity index (χ0) is 33.7. The first-order valence-corrected chi connectivity index (χ1v) is 18.4. The van der Waals surface area contributed by atoms with Gasteiger partial charge in [0.2, 0.25) is 5.91 Å². The van der Waals surface area contributed by atoms with Gasteiger partial charge in [0, 0.05) is 41.0 Å². The van der Waals surface area contributed by atoms with E-state index < -0.39 is 0 Å². The fraction of sp³-hybridized carbons (Fsp3) is 0.833. The largest absolute Gasteiger partial charge is 0.461 e. The molecule has 2 heterocycles. The molecule has 46 heavy (non-hydrogen) atoms. The van der Waals surface area contributed by atoms with Crippen LogP contribution in [0.3, 0.4) is 0 Å². The molecule has 0 fully saturated rings. The summed E-state index contributed by atoms with van der Waals surface area (Å²) in [5, 5.41) is 0. The first-order valence-electron chi connectivity index (χ1n) is 18.4. The molecule has 1 aliphatic heterocycles. The number of amides is 1. The zero-order valence-corrected chi connectivity index (χ0v) is 29.9. The van der Waals surface area contributed by atoms with Gasteiger partial charge in [-0.2, -0.15) is 0 Å². The molecule has 0 saturated carbocycles. The van der Waals surface area contributed by atoms with Gasteiger partial charge in [-0.1, -0.05) is 110 Å². The van der Waals surface area contributed by atoms with Crippen LogP contribution in [-0.4, -0.2) is 65.8 Å². The molecule has 1 aliphatic rings. The maximum absolute atomic E-state index is 12.4. The molecule has 1 aromatic rings. The lowest BCUT2D eigenvalue weighted by molar-refractivity contribution is -0.149. The minimum Gasteiger partial charge on any atom is -0.461 e. The molecule has 1 atom stereocenters. The molecule has 0 spiro atoms. The standard InChI is InChI=1S/C36H65N5O5/c1-6-7-8-9-10-11-12-13-14-17-20-23-26-40(30(2)42)28-32(46-31(3)43)25-22-19-16-15-18-21-24-27-41-29-38(4)33-34(44)37-36(45)39(5)35(33)41/h32H,6-29H2,1-5H3,(H,37,44,45). The van der Waals surface area contributed by atoms with Gasteiger partial charge in [0.15, 0.2) is 0 Å². The Kier molecular flexibility index (Phi) is 19.4. The SMILES string of the molecule is CCCCCCCCCCCCCCN(CC(CCCCCCCCCN1CN(C)c2c1n(C)c(=O)[nH]c2=O)OC(C)=O)C(C)=O. The van der Waals surface area contributed by atoms with Gasteiger partial charge in [-0.25, -0.2) is 4.79 Å². The third-order valence-electron chi connectivity index (χ3n) is 9.27. The number of hydrogen-bond acceptors (Lipinski definition) is 7. The smallest absolute Gasteiger partial charge is 0.329 e. The van der Waals surface area contributed by atoms with Crippen LogP contribution in [0.15, 0.2) is 9.59 Å². The van der Waals surface area contributed by atoms with Crippen LogP contribution in [0.1, 0.15) is 149 Å². The van der Waals surface area contributed by atoms with Gasteiger partial charge in [0.25, 0.3) is 5.56 Å². The van der Waals surface area contributed by atoms with Crippen molar-refractivity contribution in [2.45, 2.75) is 155 Å². The van der Waals surface area contributed by atoms with Gasteiger partial charge >= 0.3 is 11.7 Å². The molecule has 1 aromatic heterocycles. The Morgan fingerprint density at radius 3 is 1.85 bits per heavy atom. The van der Waals surface area contributed by atoms with Crippen LogP contribution in [0.2, 0.25) is 0 Å². The number of fused-ring (bicyclic) bond motifs is 1. The number of unbranched alkanes of at least 4 members (excludes halogenated alkanes) is 17. The maximum Gasteiger partial charge on any atom is 0.329 e. The molecule has 1 amide bonds. The number of nitrogens with zero attached hydrogens (tertiary/aromatic N) is 4. The van der Waals surface area contributed by atoms with Crippen molar-refractivity contribution in [1.29, 1.82) is 0 Å². The number of carbonyl (C=O) groups is 2. The van der Waals surface area contributed by atoms with Crippen LogP contribution in [0.4, 0.5) is 11.5 Å². The van der Waals surface area contributed by atoms with Crippen molar-refractivity contribution >= 4 is 23.4 Å². The third-order valence-corrected chi connectivity index (χ3v) is 9.27. The maximum atomic E-state index is 12.4. The number of aromatic amines is 1. The summed E-state index contributed by atoms with van der Waals surface area (Å²) >= 11 is 0. The molecule has 0 saturated heterocycles. The van der Waals surface area contributed by atoms with Crippen molar-refractivity contribution in [2.75, 3.05) is 43.2 Å². The predicted octanol–water partition coefficient (Wildman–Crippen LogP) is 6.89. The van der Waals surface area contributed by atoms with E-state index in [0.29, 0.717) is 24.7 Å². The fourth-order valence-electron chi connectivity index (χ4n) is 6.62. The summed E-state index contributed by atoms with van der Waals surface area (Å²) in [6.07, 6.45) is 23.6. The van der Waals surface area contributed by atoms with Crippen molar-refractivity contribution in [3.8, 4) is 0 Å². The van der Waals surface area contributed by atoms with Crippen LogP contribution in [0.25, 0.3) is 0 Å². The molecule has 2 rings (SSSR count). The van der Waals surface area contributed by atoms with Gasteiger partial charge < -0.3 is 19.4 Å². The van der Waals surface area contributed by atoms with Crippen LogP contribution >= 0.6 is 0 Å². The first kappa shape index (κ1) is 39.4. The Balaban J connectivity index is 1.58. The second-order valence-corrected chi connectivity index (χ2v) is 13.4. The molecule has 1 N–H and O–H groups in total. The number of H-pyrrole nitrogens is 1.